The Morgan fingerprint density at radius 1 is 0.826 bits per heavy atom. The van der Waals surface area contributed by atoms with E-state index in [1.54, 1.807) is 48.5 Å². The van der Waals surface area contributed by atoms with Gasteiger partial charge in [-0.1, -0.05) is 95.5 Å². The Hall–Kier alpha value is -1.81. The molecule has 118 valence electrons. The molecule has 0 fully saturated rings. The first-order valence-electron chi connectivity index (χ1n) is 6.62. The van der Waals surface area contributed by atoms with Crippen LogP contribution in [0.5, 0.6) is 0 Å². The third kappa shape index (κ3) is 4.83. The maximum Gasteiger partial charge on any atom is 0.276 e. The molecule has 0 atom stereocenters. The van der Waals surface area contributed by atoms with E-state index in [2.05, 4.69) is 5.32 Å². The van der Waals surface area contributed by atoms with Crippen LogP contribution >= 0.6 is 34.8 Å². The van der Waals surface area contributed by atoms with Crippen LogP contribution in [0.4, 0.5) is 0 Å². The molecule has 23 heavy (non-hydrogen) atoms. The lowest BCUT2D eigenvalue weighted by Crippen LogP contribution is -2.31. The van der Waals surface area contributed by atoms with Crippen molar-refractivity contribution in [3.63, 3.8) is 0 Å². The molecule has 0 bridgehead atoms. The summed E-state index contributed by atoms with van der Waals surface area (Å²) < 4.78 is -2.10. The summed E-state index contributed by atoms with van der Waals surface area (Å²) in [6.07, 6.45) is 1.26. The maximum atomic E-state index is 12.7. The summed E-state index contributed by atoms with van der Waals surface area (Å²) >= 11 is 16.5. The normalized spacial score (nSPS) is 11.9. The summed E-state index contributed by atoms with van der Waals surface area (Å²) in [4.78, 5) is 24.4. The van der Waals surface area contributed by atoms with Gasteiger partial charge in [-0.3, -0.25) is 9.59 Å². The zero-order valence-corrected chi connectivity index (χ0v) is 14.1. The van der Waals surface area contributed by atoms with Crippen molar-refractivity contribution in [2.24, 2.45) is 0 Å². The van der Waals surface area contributed by atoms with Gasteiger partial charge >= 0.3 is 0 Å². The number of allylic oxidation sites excluding steroid dienone is 1. The second kappa shape index (κ2) is 7.64. The topological polar surface area (TPSA) is 46.2 Å². The SMILES string of the molecule is O=C(/C(=C\NC(=O)C(Cl)(Cl)Cl)c1ccccc1)c1ccccc1. The summed E-state index contributed by atoms with van der Waals surface area (Å²) in [7, 11) is 0. The molecule has 0 spiro atoms. The minimum Gasteiger partial charge on any atom is -0.328 e. The highest BCUT2D eigenvalue weighted by Crippen LogP contribution is 2.26. The van der Waals surface area contributed by atoms with Crippen molar-refractivity contribution in [1.82, 2.24) is 5.32 Å². The number of halogens is 3. The Kier molecular flexibility index (Phi) is 5.83. The molecular weight excluding hydrogens is 357 g/mol. The Morgan fingerprint density at radius 3 is 1.78 bits per heavy atom. The molecule has 0 aliphatic rings. The number of Topliss-reactive ketones (excluding diaryl/α,β-unsaturated/α-hetero) is 1. The van der Waals surface area contributed by atoms with Gasteiger partial charge in [-0.2, -0.15) is 0 Å². The Balaban J connectivity index is 2.37. The first-order chi connectivity index (χ1) is 10.9. The summed E-state index contributed by atoms with van der Waals surface area (Å²) in [5.41, 5.74) is 1.43. The highest BCUT2D eigenvalue weighted by Gasteiger charge is 2.30. The molecule has 0 aromatic heterocycles. The minimum absolute atomic E-state index is 0.249. The van der Waals surface area contributed by atoms with E-state index in [9.17, 15) is 9.59 Å². The molecule has 0 saturated heterocycles. The van der Waals surface area contributed by atoms with Gasteiger partial charge < -0.3 is 5.32 Å². The fourth-order valence-corrected chi connectivity index (χ4v) is 2.03. The van der Waals surface area contributed by atoms with E-state index in [-0.39, 0.29) is 5.78 Å². The first-order valence-corrected chi connectivity index (χ1v) is 7.76. The third-order valence-electron chi connectivity index (χ3n) is 2.97. The van der Waals surface area contributed by atoms with E-state index in [4.69, 9.17) is 34.8 Å². The van der Waals surface area contributed by atoms with Gasteiger partial charge in [0.2, 0.25) is 0 Å². The van der Waals surface area contributed by atoms with Crippen molar-refractivity contribution in [3.05, 3.63) is 78.0 Å². The number of carbonyl (C=O) groups is 2. The van der Waals surface area contributed by atoms with Crippen LogP contribution in [0.25, 0.3) is 5.57 Å². The summed E-state index contributed by atoms with van der Waals surface area (Å²) in [5.74, 6) is -1.08. The van der Waals surface area contributed by atoms with E-state index in [0.717, 1.165) is 0 Å². The molecule has 0 aliphatic carbocycles. The smallest absolute Gasteiger partial charge is 0.276 e. The number of benzene rings is 2. The Bertz CT molecular complexity index is 723. The zero-order valence-electron chi connectivity index (χ0n) is 11.8. The van der Waals surface area contributed by atoms with Crippen molar-refractivity contribution >= 4 is 52.1 Å². The highest BCUT2D eigenvalue weighted by molar-refractivity contribution is 6.76. The number of amides is 1. The number of carbonyl (C=O) groups excluding carboxylic acids is 2. The lowest BCUT2D eigenvalue weighted by molar-refractivity contribution is -0.119. The van der Waals surface area contributed by atoms with Crippen molar-refractivity contribution in [2.75, 3.05) is 0 Å². The Labute approximate surface area is 148 Å². The molecule has 0 heterocycles. The molecule has 6 heteroatoms. The van der Waals surface area contributed by atoms with Crippen LogP contribution in [0.3, 0.4) is 0 Å². The summed E-state index contributed by atoms with van der Waals surface area (Å²) in [6.45, 7) is 0. The van der Waals surface area contributed by atoms with Crippen LogP contribution in [0.2, 0.25) is 0 Å². The first kappa shape index (κ1) is 17.5. The largest absolute Gasteiger partial charge is 0.328 e. The van der Waals surface area contributed by atoms with Gasteiger partial charge in [0, 0.05) is 17.3 Å². The quantitative estimate of drug-likeness (QED) is 0.494. The third-order valence-corrected chi connectivity index (χ3v) is 3.49. The van der Waals surface area contributed by atoms with Crippen molar-refractivity contribution in [2.45, 2.75) is 3.79 Å². The molecule has 0 aliphatic heterocycles. The molecule has 0 unspecified atom stereocenters. The number of rotatable bonds is 4. The van der Waals surface area contributed by atoms with Crippen LogP contribution in [-0.2, 0) is 4.79 Å². The molecule has 2 aromatic carbocycles. The molecule has 1 N–H and O–H groups in total. The number of ketones is 1. The molecule has 0 radical (unpaired) electrons. The van der Waals surface area contributed by atoms with Gasteiger partial charge in [-0.15, -0.1) is 0 Å². The summed E-state index contributed by atoms with van der Waals surface area (Å²) in [5, 5.41) is 2.35. The van der Waals surface area contributed by atoms with Crippen molar-refractivity contribution in [1.29, 1.82) is 0 Å². The molecule has 1 amide bonds. The predicted octanol–water partition coefficient (Wildman–Crippen LogP) is 4.40. The molecule has 3 nitrogen and oxygen atoms in total. The van der Waals surface area contributed by atoms with Gasteiger partial charge in [-0.25, -0.2) is 0 Å². The fourth-order valence-electron chi connectivity index (χ4n) is 1.86. The standard InChI is InChI=1S/C17H12Cl3NO2/c18-17(19,20)16(23)21-11-14(12-7-3-1-4-8-12)15(22)13-9-5-2-6-10-13/h1-11H,(H,21,23)/b14-11-. The van der Waals surface area contributed by atoms with Crippen LogP contribution in [0, 0.1) is 0 Å². The van der Waals surface area contributed by atoms with Crippen LogP contribution in [0.15, 0.2) is 66.9 Å². The molecule has 0 saturated carbocycles. The average Bonchev–Trinajstić information content (AvgIpc) is 2.55. The van der Waals surface area contributed by atoms with Crippen LogP contribution < -0.4 is 5.32 Å². The van der Waals surface area contributed by atoms with E-state index >= 15 is 0 Å². The molecule has 2 rings (SSSR count). The maximum absolute atomic E-state index is 12.7. The Morgan fingerprint density at radius 2 is 1.30 bits per heavy atom. The zero-order chi connectivity index (χ0) is 16.9. The van der Waals surface area contributed by atoms with E-state index in [0.29, 0.717) is 16.7 Å². The minimum atomic E-state index is -2.10. The molecular formula is C17H12Cl3NO2. The average molecular weight is 369 g/mol. The monoisotopic (exact) mass is 367 g/mol. The fraction of sp³-hybridized carbons (Fsp3) is 0.0588. The number of hydrogen-bond donors (Lipinski definition) is 1. The van der Waals surface area contributed by atoms with Gasteiger partial charge in [-0.05, 0) is 5.56 Å². The predicted molar refractivity (Wildman–Crippen MR) is 93.6 cm³/mol. The number of alkyl halides is 3. The van der Waals surface area contributed by atoms with Crippen LogP contribution in [-0.4, -0.2) is 15.5 Å². The van der Waals surface area contributed by atoms with Crippen molar-refractivity contribution < 1.29 is 9.59 Å². The van der Waals surface area contributed by atoms with Crippen molar-refractivity contribution in [3.8, 4) is 0 Å². The van der Waals surface area contributed by atoms with E-state index < -0.39 is 9.70 Å². The number of hydrogen-bond acceptors (Lipinski definition) is 2. The summed E-state index contributed by atoms with van der Waals surface area (Å²) in [6, 6.07) is 17.6. The second-order valence-corrected chi connectivity index (χ2v) is 6.87. The lowest BCUT2D eigenvalue weighted by Gasteiger charge is -2.11. The van der Waals surface area contributed by atoms with Gasteiger partial charge in [0.25, 0.3) is 9.70 Å². The lowest BCUT2D eigenvalue weighted by atomic mass is 9.97. The number of nitrogens with one attached hydrogen (secondary N) is 1. The van der Waals surface area contributed by atoms with Crippen LogP contribution in [0.1, 0.15) is 15.9 Å². The van der Waals surface area contributed by atoms with Gasteiger partial charge in [0.1, 0.15) is 0 Å². The van der Waals surface area contributed by atoms with E-state index in [1.807, 2.05) is 12.1 Å². The molecule has 2 aromatic rings. The van der Waals surface area contributed by atoms with Gasteiger partial charge in [0.05, 0.1) is 0 Å². The van der Waals surface area contributed by atoms with E-state index in [1.165, 1.54) is 6.20 Å². The van der Waals surface area contributed by atoms with Gasteiger partial charge in [0.15, 0.2) is 5.78 Å². The second-order valence-electron chi connectivity index (χ2n) is 4.59. The highest BCUT2D eigenvalue weighted by atomic mass is 35.6.